The first-order chi connectivity index (χ1) is 16.1. The average molecular weight is 476 g/mol. The molecule has 0 saturated carbocycles. The SMILES string of the molecule is Cc1ccc(CNC(=O)[C@@H]2Sc3nnc(-c4ccccc4)n3N[C@@H]2c2ccc(Cl)cc2)cc1. The fourth-order valence-electron chi connectivity index (χ4n) is 3.75. The Labute approximate surface area is 201 Å². The summed E-state index contributed by atoms with van der Waals surface area (Å²) in [6.45, 7) is 2.51. The molecule has 1 aliphatic heterocycles. The molecule has 33 heavy (non-hydrogen) atoms. The number of halogens is 1. The van der Waals surface area contributed by atoms with Crippen molar-refractivity contribution in [3.05, 3.63) is 101 Å². The van der Waals surface area contributed by atoms with Gasteiger partial charge in [0.15, 0.2) is 5.82 Å². The number of fused-ring (bicyclic) bond motifs is 1. The van der Waals surface area contributed by atoms with Crippen LogP contribution in [0.1, 0.15) is 22.7 Å². The molecule has 1 aromatic heterocycles. The highest BCUT2D eigenvalue weighted by Crippen LogP contribution is 2.38. The van der Waals surface area contributed by atoms with Gasteiger partial charge in [0.05, 0.1) is 6.04 Å². The Bertz CT molecular complexity index is 1260. The molecular formula is C25H22ClN5OS. The van der Waals surface area contributed by atoms with E-state index in [0.29, 0.717) is 22.5 Å². The Hall–Kier alpha value is -3.29. The van der Waals surface area contributed by atoms with E-state index >= 15 is 0 Å². The van der Waals surface area contributed by atoms with Gasteiger partial charge in [-0.15, -0.1) is 10.2 Å². The molecule has 3 aromatic carbocycles. The second-order valence-corrected chi connectivity index (χ2v) is 9.45. The minimum atomic E-state index is -0.433. The van der Waals surface area contributed by atoms with Gasteiger partial charge < -0.3 is 10.7 Å². The van der Waals surface area contributed by atoms with Gasteiger partial charge in [-0.1, -0.05) is 95.7 Å². The van der Waals surface area contributed by atoms with E-state index in [4.69, 9.17) is 11.6 Å². The van der Waals surface area contributed by atoms with Gasteiger partial charge in [-0.05, 0) is 30.2 Å². The predicted molar refractivity (Wildman–Crippen MR) is 132 cm³/mol. The van der Waals surface area contributed by atoms with Crippen molar-refractivity contribution in [3.63, 3.8) is 0 Å². The molecule has 0 spiro atoms. The van der Waals surface area contributed by atoms with Gasteiger partial charge in [0.2, 0.25) is 11.1 Å². The molecule has 0 fully saturated rings. The molecule has 8 heteroatoms. The summed E-state index contributed by atoms with van der Waals surface area (Å²) in [4.78, 5) is 13.3. The second-order valence-electron chi connectivity index (χ2n) is 7.91. The number of nitrogens with one attached hydrogen (secondary N) is 2. The summed E-state index contributed by atoms with van der Waals surface area (Å²) < 4.78 is 1.86. The van der Waals surface area contributed by atoms with Crippen LogP contribution >= 0.6 is 23.4 Å². The van der Waals surface area contributed by atoms with E-state index in [1.54, 1.807) is 0 Å². The Morgan fingerprint density at radius 2 is 1.76 bits per heavy atom. The molecule has 2 heterocycles. The molecule has 1 aliphatic rings. The van der Waals surface area contributed by atoms with Crippen LogP contribution in [0.3, 0.4) is 0 Å². The molecule has 0 aliphatic carbocycles. The number of aromatic nitrogens is 3. The van der Waals surface area contributed by atoms with E-state index < -0.39 is 5.25 Å². The van der Waals surface area contributed by atoms with Gasteiger partial charge in [0, 0.05) is 17.1 Å². The summed E-state index contributed by atoms with van der Waals surface area (Å²) in [7, 11) is 0. The maximum absolute atomic E-state index is 13.3. The van der Waals surface area contributed by atoms with Crippen LogP contribution in [-0.2, 0) is 11.3 Å². The molecule has 6 nitrogen and oxygen atoms in total. The molecule has 0 saturated heterocycles. The number of hydrogen-bond donors (Lipinski definition) is 2. The van der Waals surface area contributed by atoms with Crippen molar-refractivity contribution < 1.29 is 4.79 Å². The molecular weight excluding hydrogens is 454 g/mol. The van der Waals surface area contributed by atoms with E-state index in [2.05, 4.69) is 20.9 Å². The summed E-state index contributed by atoms with van der Waals surface area (Å²) in [5.41, 5.74) is 7.63. The Balaban J connectivity index is 1.44. The lowest BCUT2D eigenvalue weighted by atomic mass is 10.0. The first-order valence-corrected chi connectivity index (χ1v) is 11.9. The fraction of sp³-hybridized carbons (Fsp3) is 0.160. The minimum Gasteiger partial charge on any atom is -0.351 e. The van der Waals surface area contributed by atoms with Gasteiger partial charge in [0.1, 0.15) is 5.25 Å². The topological polar surface area (TPSA) is 71.8 Å². The highest BCUT2D eigenvalue weighted by atomic mass is 35.5. The van der Waals surface area contributed by atoms with Crippen LogP contribution in [0.15, 0.2) is 84.0 Å². The van der Waals surface area contributed by atoms with Crippen molar-refractivity contribution in [1.82, 2.24) is 20.2 Å². The second kappa shape index (κ2) is 9.29. The van der Waals surface area contributed by atoms with Gasteiger partial charge >= 0.3 is 0 Å². The number of nitrogens with zero attached hydrogens (tertiary/aromatic N) is 3. The predicted octanol–water partition coefficient (Wildman–Crippen LogP) is 4.98. The molecule has 4 aromatic rings. The van der Waals surface area contributed by atoms with E-state index in [9.17, 15) is 4.79 Å². The summed E-state index contributed by atoms with van der Waals surface area (Å²) in [5.74, 6) is 0.638. The summed E-state index contributed by atoms with van der Waals surface area (Å²) in [6.07, 6.45) is 0. The Morgan fingerprint density at radius 1 is 1.03 bits per heavy atom. The zero-order chi connectivity index (χ0) is 22.8. The van der Waals surface area contributed by atoms with Crippen LogP contribution < -0.4 is 10.7 Å². The number of hydrogen-bond acceptors (Lipinski definition) is 5. The molecule has 1 amide bonds. The van der Waals surface area contributed by atoms with Crippen molar-refractivity contribution in [2.45, 2.75) is 29.9 Å². The van der Waals surface area contributed by atoms with Gasteiger partial charge in [-0.25, -0.2) is 4.68 Å². The lowest BCUT2D eigenvalue weighted by Crippen LogP contribution is -2.43. The third-order valence-electron chi connectivity index (χ3n) is 5.54. The Kier molecular flexibility index (Phi) is 6.07. The maximum Gasteiger partial charge on any atom is 0.236 e. The number of thioether (sulfide) groups is 1. The fourth-order valence-corrected chi connectivity index (χ4v) is 4.98. The smallest absolute Gasteiger partial charge is 0.236 e. The maximum atomic E-state index is 13.3. The van der Waals surface area contributed by atoms with Crippen LogP contribution in [0, 0.1) is 6.92 Å². The highest BCUT2D eigenvalue weighted by Gasteiger charge is 2.37. The third-order valence-corrected chi connectivity index (χ3v) is 7.01. The number of carbonyl (C=O) groups is 1. The minimum absolute atomic E-state index is 0.0662. The quantitative estimate of drug-likeness (QED) is 0.426. The molecule has 5 rings (SSSR count). The van der Waals surface area contributed by atoms with Crippen molar-refractivity contribution in [3.8, 4) is 11.4 Å². The van der Waals surface area contributed by atoms with E-state index in [0.717, 1.165) is 16.7 Å². The third kappa shape index (κ3) is 4.60. The van der Waals surface area contributed by atoms with Gasteiger partial charge in [0.25, 0.3) is 0 Å². The van der Waals surface area contributed by atoms with Crippen LogP contribution in [0.25, 0.3) is 11.4 Å². The summed E-state index contributed by atoms with van der Waals surface area (Å²) in [6, 6.07) is 25.3. The monoisotopic (exact) mass is 475 g/mol. The van der Waals surface area contributed by atoms with Crippen molar-refractivity contribution in [2.24, 2.45) is 0 Å². The molecule has 166 valence electrons. The summed E-state index contributed by atoms with van der Waals surface area (Å²) >= 11 is 7.52. The van der Waals surface area contributed by atoms with Crippen molar-refractivity contribution in [1.29, 1.82) is 0 Å². The first-order valence-electron chi connectivity index (χ1n) is 10.6. The van der Waals surface area contributed by atoms with Crippen molar-refractivity contribution >= 4 is 29.3 Å². The molecule has 0 bridgehead atoms. The summed E-state index contributed by atoms with van der Waals surface area (Å²) in [5, 5.41) is 12.7. The highest BCUT2D eigenvalue weighted by molar-refractivity contribution is 8.00. The van der Waals surface area contributed by atoms with E-state index in [1.807, 2.05) is 90.5 Å². The van der Waals surface area contributed by atoms with Crippen LogP contribution in [0.5, 0.6) is 0 Å². The number of benzene rings is 3. The standard InChI is InChI=1S/C25H22ClN5OS/c1-16-7-9-17(10-8-16)15-27-24(32)22-21(18-11-13-20(26)14-12-18)30-31-23(28-29-25(31)33-22)19-5-3-2-4-6-19/h2-14,21-22,30H,15H2,1H3,(H,27,32)/t21-,22-/m1/s1. The van der Waals surface area contributed by atoms with Gasteiger partial charge in [-0.3, -0.25) is 4.79 Å². The zero-order valence-electron chi connectivity index (χ0n) is 17.9. The normalized spacial score (nSPS) is 17.2. The molecule has 0 radical (unpaired) electrons. The molecule has 2 atom stereocenters. The molecule has 0 unspecified atom stereocenters. The lowest BCUT2D eigenvalue weighted by Gasteiger charge is -2.33. The van der Waals surface area contributed by atoms with E-state index in [1.165, 1.54) is 17.3 Å². The van der Waals surface area contributed by atoms with E-state index in [-0.39, 0.29) is 11.9 Å². The number of rotatable bonds is 5. The Morgan fingerprint density at radius 3 is 2.48 bits per heavy atom. The first kappa shape index (κ1) is 21.6. The number of carbonyl (C=O) groups excluding carboxylic acids is 1. The molecule has 2 N–H and O–H groups in total. The lowest BCUT2D eigenvalue weighted by molar-refractivity contribution is -0.121. The van der Waals surface area contributed by atoms with Crippen LogP contribution in [-0.4, -0.2) is 26.0 Å². The van der Waals surface area contributed by atoms with Gasteiger partial charge in [-0.2, -0.15) is 0 Å². The zero-order valence-corrected chi connectivity index (χ0v) is 19.5. The number of amides is 1. The average Bonchev–Trinajstić information content (AvgIpc) is 3.27. The van der Waals surface area contributed by atoms with Crippen LogP contribution in [0.2, 0.25) is 5.02 Å². The van der Waals surface area contributed by atoms with Crippen LogP contribution in [0.4, 0.5) is 0 Å². The van der Waals surface area contributed by atoms with Crippen molar-refractivity contribution in [2.75, 3.05) is 5.43 Å². The largest absolute Gasteiger partial charge is 0.351 e. The number of aryl methyl sites for hydroxylation is 1.